The van der Waals surface area contributed by atoms with Crippen LogP contribution in [0.2, 0.25) is 0 Å². The van der Waals surface area contributed by atoms with Crippen LogP contribution in [0.3, 0.4) is 0 Å². The van der Waals surface area contributed by atoms with Gasteiger partial charge >= 0.3 is 0 Å². The molecule has 20 heavy (non-hydrogen) atoms. The Morgan fingerprint density at radius 1 is 1.25 bits per heavy atom. The molecular weight excluding hydrogens is 256 g/mol. The fraction of sp³-hybridized carbons (Fsp3) is 0.600. The van der Waals surface area contributed by atoms with Crippen LogP contribution in [0.25, 0.3) is 0 Å². The minimum absolute atomic E-state index is 0.0944. The number of nitrogens with zero attached hydrogens (tertiary/aromatic N) is 2. The molecule has 0 atom stereocenters. The van der Waals surface area contributed by atoms with Gasteiger partial charge in [0.05, 0.1) is 11.5 Å². The standard InChI is InChI=1S/C15H22N2O3/c18-11-10-16(14-7-2-1-3-8-14)12-13-6-4-5-9-15(13)17(19)20/h4-6,9,14,18H,1-3,7-8,10-12H2. The van der Waals surface area contributed by atoms with Crippen LogP contribution < -0.4 is 0 Å². The summed E-state index contributed by atoms with van der Waals surface area (Å²) in [7, 11) is 0. The Hall–Kier alpha value is -1.46. The lowest BCUT2D eigenvalue weighted by molar-refractivity contribution is -0.385. The molecule has 0 bridgehead atoms. The maximum atomic E-state index is 11.1. The van der Waals surface area contributed by atoms with Crippen molar-refractivity contribution < 1.29 is 10.0 Å². The van der Waals surface area contributed by atoms with Gasteiger partial charge in [0.15, 0.2) is 0 Å². The Labute approximate surface area is 119 Å². The zero-order valence-electron chi connectivity index (χ0n) is 11.7. The van der Waals surface area contributed by atoms with Crippen LogP contribution >= 0.6 is 0 Å². The van der Waals surface area contributed by atoms with Crippen LogP contribution in [0.4, 0.5) is 5.69 Å². The van der Waals surface area contributed by atoms with Crippen LogP contribution in [0, 0.1) is 10.1 Å². The van der Waals surface area contributed by atoms with Gasteiger partial charge in [-0.1, -0.05) is 37.5 Å². The molecule has 1 aromatic carbocycles. The van der Waals surface area contributed by atoms with E-state index in [0.717, 1.165) is 18.4 Å². The van der Waals surface area contributed by atoms with Gasteiger partial charge in [-0.2, -0.15) is 0 Å². The number of hydrogen-bond acceptors (Lipinski definition) is 4. The van der Waals surface area contributed by atoms with Crippen LogP contribution in [-0.2, 0) is 6.54 Å². The number of para-hydroxylation sites is 1. The molecule has 1 aromatic rings. The van der Waals surface area contributed by atoms with Crippen molar-refractivity contribution in [3.8, 4) is 0 Å². The molecule has 0 heterocycles. The van der Waals surface area contributed by atoms with Gasteiger partial charge in [-0.15, -0.1) is 0 Å². The summed E-state index contributed by atoms with van der Waals surface area (Å²) in [6.45, 7) is 1.22. The normalized spacial score (nSPS) is 16.5. The minimum Gasteiger partial charge on any atom is -0.395 e. The molecule has 2 rings (SSSR count). The van der Waals surface area contributed by atoms with Gasteiger partial charge in [-0.3, -0.25) is 15.0 Å². The number of nitro groups is 1. The monoisotopic (exact) mass is 278 g/mol. The molecule has 1 aliphatic rings. The number of hydrogen-bond donors (Lipinski definition) is 1. The van der Waals surface area contributed by atoms with Crippen molar-refractivity contribution in [2.75, 3.05) is 13.2 Å². The highest BCUT2D eigenvalue weighted by Crippen LogP contribution is 2.26. The smallest absolute Gasteiger partial charge is 0.273 e. The second kappa shape index (κ2) is 7.36. The molecule has 0 aliphatic heterocycles. The molecule has 5 heteroatoms. The van der Waals surface area contributed by atoms with Crippen LogP contribution in [0.1, 0.15) is 37.7 Å². The van der Waals surface area contributed by atoms with Crippen molar-refractivity contribution in [3.05, 3.63) is 39.9 Å². The van der Waals surface area contributed by atoms with Crippen molar-refractivity contribution in [1.82, 2.24) is 4.90 Å². The third kappa shape index (κ3) is 3.77. The molecule has 0 aromatic heterocycles. The van der Waals surface area contributed by atoms with E-state index in [1.165, 1.54) is 19.3 Å². The largest absolute Gasteiger partial charge is 0.395 e. The summed E-state index contributed by atoms with van der Waals surface area (Å²) >= 11 is 0. The van der Waals surface area contributed by atoms with Gasteiger partial charge in [0.25, 0.3) is 5.69 Å². The van der Waals surface area contributed by atoms with Gasteiger partial charge < -0.3 is 5.11 Å². The SMILES string of the molecule is O=[N+]([O-])c1ccccc1CN(CCO)C1CCCCC1. The van der Waals surface area contributed by atoms with E-state index in [4.69, 9.17) is 0 Å². The third-order valence-electron chi connectivity index (χ3n) is 4.04. The first kappa shape index (κ1) is 14.9. The molecule has 110 valence electrons. The Kier molecular flexibility index (Phi) is 5.49. The fourth-order valence-electron chi connectivity index (χ4n) is 3.01. The van der Waals surface area contributed by atoms with Crippen molar-refractivity contribution in [2.24, 2.45) is 0 Å². The summed E-state index contributed by atoms with van der Waals surface area (Å²) < 4.78 is 0. The van der Waals surface area contributed by atoms with E-state index < -0.39 is 0 Å². The highest BCUT2D eigenvalue weighted by atomic mass is 16.6. The van der Waals surface area contributed by atoms with Gasteiger partial charge in [0, 0.05) is 30.8 Å². The zero-order valence-corrected chi connectivity index (χ0v) is 11.7. The molecule has 0 spiro atoms. The second-order valence-corrected chi connectivity index (χ2v) is 5.37. The molecule has 0 amide bonds. The first-order valence-corrected chi connectivity index (χ1v) is 7.29. The quantitative estimate of drug-likeness (QED) is 0.642. The molecule has 0 unspecified atom stereocenters. The second-order valence-electron chi connectivity index (χ2n) is 5.37. The van der Waals surface area contributed by atoms with Gasteiger partial charge in [-0.05, 0) is 12.8 Å². The van der Waals surface area contributed by atoms with Gasteiger partial charge in [-0.25, -0.2) is 0 Å². The molecule has 1 N–H and O–H groups in total. The predicted octanol–water partition coefficient (Wildman–Crippen LogP) is 2.72. The van der Waals surface area contributed by atoms with E-state index in [-0.39, 0.29) is 17.2 Å². The molecule has 1 saturated carbocycles. The molecule has 1 fully saturated rings. The molecular formula is C15H22N2O3. The third-order valence-corrected chi connectivity index (χ3v) is 4.04. The van der Waals surface area contributed by atoms with Crippen molar-refractivity contribution in [2.45, 2.75) is 44.7 Å². The summed E-state index contributed by atoms with van der Waals surface area (Å²) in [6, 6.07) is 7.33. The highest BCUT2D eigenvalue weighted by molar-refractivity contribution is 5.39. The van der Waals surface area contributed by atoms with E-state index in [0.29, 0.717) is 19.1 Å². The fourth-order valence-corrected chi connectivity index (χ4v) is 3.01. The van der Waals surface area contributed by atoms with Crippen molar-refractivity contribution in [3.63, 3.8) is 0 Å². The molecule has 0 radical (unpaired) electrons. The van der Waals surface area contributed by atoms with E-state index in [2.05, 4.69) is 4.90 Å². The summed E-state index contributed by atoms with van der Waals surface area (Å²) in [5.74, 6) is 0. The average molecular weight is 278 g/mol. The van der Waals surface area contributed by atoms with Gasteiger partial charge in [0.2, 0.25) is 0 Å². The van der Waals surface area contributed by atoms with E-state index in [1.807, 2.05) is 12.1 Å². The van der Waals surface area contributed by atoms with Crippen molar-refractivity contribution >= 4 is 5.69 Å². The Morgan fingerprint density at radius 3 is 2.60 bits per heavy atom. The zero-order chi connectivity index (χ0) is 14.4. The van der Waals surface area contributed by atoms with E-state index in [9.17, 15) is 15.2 Å². The lowest BCUT2D eigenvalue weighted by atomic mass is 9.93. The Bertz CT molecular complexity index is 444. The van der Waals surface area contributed by atoms with Crippen LogP contribution in [0.15, 0.2) is 24.3 Å². The summed E-state index contributed by atoms with van der Waals surface area (Å²) in [4.78, 5) is 12.9. The predicted molar refractivity (Wildman–Crippen MR) is 77.5 cm³/mol. The molecule has 0 saturated heterocycles. The number of nitro benzene ring substituents is 1. The number of benzene rings is 1. The maximum absolute atomic E-state index is 11.1. The Morgan fingerprint density at radius 2 is 1.95 bits per heavy atom. The molecule has 5 nitrogen and oxygen atoms in total. The molecule has 1 aliphatic carbocycles. The van der Waals surface area contributed by atoms with Gasteiger partial charge in [0.1, 0.15) is 0 Å². The average Bonchev–Trinajstić information content (AvgIpc) is 2.48. The number of rotatable bonds is 6. The van der Waals surface area contributed by atoms with Crippen LogP contribution in [0.5, 0.6) is 0 Å². The van der Waals surface area contributed by atoms with E-state index >= 15 is 0 Å². The number of aliphatic hydroxyl groups is 1. The summed E-state index contributed by atoms with van der Waals surface area (Å²) in [6.07, 6.45) is 5.95. The maximum Gasteiger partial charge on any atom is 0.273 e. The lowest BCUT2D eigenvalue weighted by Crippen LogP contribution is -2.38. The van der Waals surface area contributed by atoms with Crippen molar-refractivity contribution in [1.29, 1.82) is 0 Å². The Balaban J connectivity index is 2.13. The minimum atomic E-state index is -0.326. The lowest BCUT2D eigenvalue weighted by Gasteiger charge is -2.33. The van der Waals surface area contributed by atoms with E-state index in [1.54, 1.807) is 12.1 Å². The topological polar surface area (TPSA) is 66.6 Å². The highest BCUT2D eigenvalue weighted by Gasteiger charge is 2.23. The van der Waals surface area contributed by atoms with Crippen LogP contribution in [-0.4, -0.2) is 34.1 Å². The first-order chi connectivity index (χ1) is 9.72. The summed E-state index contributed by atoms with van der Waals surface area (Å²) in [5.41, 5.74) is 0.905. The number of aliphatic hydroxyl groups excluding tert-OH is 1. The summed E-state index contributed by atoms with van der Waals surface area (Å²) in [5, 5.41) is 20.3. The first-order valence-electron chi connectivity index (χ1n) is 7.29.